The molecule has 1 aromatic carbocycles. The number of aryl methyl sites for hydroxylation is 1. The molecule has 120 valence electrons. The van der Waals surface area contributed by atoms with Crippen molar-refractivity contribution in [2.75, 3.05) is 6.54 Å². The number of carbonyl (C=O) groups excluding carboxylic acids is 1. The standard InChI is InChI=1S/C17H20N4O2/c1-13-8-10-21(19-13)11-9-18-16(22)17(2)12-15(20-23-17)14-6-4-3-5-7-14/h3-8,10H,9,11-12H2,1-2H3,(H,18,22). The number of hydrogen-bond acceptors (Lipinski definition) is 4. The Labute approximate surface area is 135 Å². The van der Waals surface area contributed by atoms with Crippen LogP contribution in [0.4, 0.5) is 0 Å². The van der Waals surface area contributed by atoms with E-state index in [2.05, 4.69) is 15.6 Å². The summed E-state index contributed by atoms with van der Waals surface area (Å²) in [5.41, 5.74) is 1.79. The number of oxime groups is 1. The van der Waals surface area contributed by atoms with Crippen molar-refractivity contribution in [1.82, 2.24) is 15.1 Å². The number of rotatable bonds is 5. The lowest BCUT2D eigenvalue weighted by Crippen LogP contribution is -2.45. The molecule has 1 amide bonds. The SMILES string of the molecule is Cc1ccn(CCNC(=O)C2(C)CC(c3ccccc3)=NO2)n1. The number of benzene rings is 1. The summed E-state index contributed by atoms with van der Waals surface area (Å²) in [6, 6.07) is 11.7. The van der Waals surface area contributed by atoms with Crippen molar-refractivity contribution < 1.29 is 9.63 Å². The van der Waals surface area contributed by atoms with Crippen molar-refractivity contribution in [2.24, 2.45) is 5.16 Å². The van der Waals surface area contributed by atoms with Crippen LogP contribution in [0.1, 0.15) is 24.6 Å². The number of hydrogen-bond donors (Lipinski definition) is 1. The predicted octanol–water partition coefficient (Wildman–Crippen LogP) is 1.89. The summed E-state index contributed by atoms with van der Waals surface area (Å²) >= 11 is 0. The molecule has 2 heterocycles. The van der Waals surface area contributed by atoms with Crippen LogP contribution < -0.4 is 5.32 Å². The normalized spacial score (nSPS) is 20.0. The third kappa shape index (κ3) is 3.41. The van der Waals surface area contributed by atoms with Gasteiger partial charge in [-0.15, -0.1) is 0 Å². The molecule has 1 aliphatic rings. The first-order valence-electron chi connectivity index (χ1n) is 7.66. The van der Waals surface area contributed by atoms with E-state index < -0.39 is 5.60 Å². The summed E-state index contributed by atoms with van der Waals surface area (Å²) in [6.45, 7) is 4.83. The number of carbonyl (C=O) groups is 1. The molecule has 1 aromatic heterocycles. The van der Waals surface area contributed by atoms with Crippen molar-refractivity contribution in [3.05, 3.63) is 53.9 Å². The quantitative estimate of drug-likeness (QED) is 0.916. The Morgan fingerprint density at radius 1 is 1.35 bits per heavy atom. The molecule has 23 heavy (non-hydrogen) atoms. The van der Waals surface area contributed by atoms with Crippen LogP contribution in [0.5, 0.6) is 0 Å². The topological polar surface area (TPSA) is 68.5 Å². The molecule has 0 aliphatic carbocycles. The molecule has 0 saturated heterocycles. The van der Waals surface area contributed by atoms with Crippen molar-refractivity contribution in [2.45, 2.75) is 32.4 Å². The van der Waals surface area contributed by atoms with Gasteiger partial charge in [0.05, 0.1) is 18.0 Å². The summed E-state index contributed by atoms with van der Waals surface area (Å²) in [7, 11) is 0. The van der Waals surface area contributed by atoms with Gasteiger partial charge < -0.3 is 10.2 Å². The van der Waals surface area contributed by atoms with E-state index in [1.807, 2.05) is 49.5 Å². The van der Waals surface area contributed by atoms with Gasteiger partial charge in [-0.05, 0) is 25.5 Å². The molecule has 2 aromatic rings. The summed E-state index contributed by atoms with van der Waals surface area (Å²) in [6.07, 6.45) is 2.36. The molecule has 0 bridgehead atoms. The summed E-state index contributed by atoms with van der Waals surface area (Å²) in [5, 5.41) is 11.3. The van der Waals surface area contributed by atoms with Gasteiger partial charge in [0.1, 0.15) is 0 Å². The molecule has 1 atom stereocenters. The van der Waals surface area contributed by atoms with Gasteiger partial charge in [0.2, 0.25) is 5.60 Å². The van der Waals surface area contributed by atoms with Crippen LogP contribution in [0.3, 0.4) is 0 Å². The number of nitrogens with zero attached hydrogens (tertiary/aromatic N) is 3. The van der Waals surface area contributed by atoms with Gasteiger partial charge in [-0.1, -0.05) is 35.5 Å². The molecular formula is C17H20N4O2. The van der Waals surface area contributed by atoms with Crippen LogP contribution >= 0.6 is 0 Å². The number of amides is 1. The van der Waals surface area contributed by atoms with Gasteiger partial charge in [-0.3, -0.25) is 9.48 Å². The molecule has 1 N–H and O–H groups in total. The third-order valence-electron chi connectivity index (χ3n) is 3.85. The molecule has 0 radical (unpaired) electrons. The highest BCUT2D eigenvalue weighted by molar-refractivity contribution is 6.05. The van der Waals surface area contributed by atoms with E-state index in [4.69, 9.17) is 4.84 Å². The Morgan fingerprint density at radius 3 is 2.83 bits per heavy atom. The van der Waals surface area contributed by atoms with E-state index >= 15 is 0 Å². The molecular weight excluding hydrogens is 292 g/mol. The molecule has 1 unspecified atom stereocenters. The first-order valence-corrected chi connectivity index (χ1v) is 7.66. The molecule has 6 heteroatoms. The van der Waals surface area contributed by atoms with Gasteiger partial charge in [-0.2, -0.15) is 5.10 Å². The average Bonchev–Trinajstić information content (AvgIpc) is 3.15. The van der Waals surface area contributed by atoms with E-state index in [0.29, 0.717) is 19.5 Å². The van der Waals surface area contributed by atoms with E-state index in [9.17, 15) is 4.79 Å². The molecule has 0 spiro atoms. The zero-order valence-electron chi connectivity index (χ0n) is 13.3. The summed E-state index contributed by atoms with van der Waals surface area (Å²) in [5.74, 6) is -0.156. The second-order valence-corrected chi connectivity index (χ2v) is 5.88. The smallest absolute Gasteiger partial charge is 0.267 e. The predicted molar refractivity (Wildman–Crippen MR) is 87.1 cm³/mol. The summed E-state index contributed by atoms with van der Waals surface area (Å²) < 4.78 is 1.80. The third-order valence-corrected chi connectivity index (χ3v) is 3.85. The second-order valence-electron chi connectivity index (χ2n) is 5.88. The average molecular weight is 312 g/mol. The van der Waals surface area contributed by atoms with Gasteiger partial charge in [0.25, 0.3) is 5.91 Å². The van der Waals surface area contributed by atoms with Crippen molar-refractivity contribution in [3.8, 4) is 0 Å². The van der Waals surface area contributed by atoms with Crippen LogP contribution in [0, 0.1) is 6.92 Å². The summed E-state index contributed by atoms with van der Waals surface area (Å²) in [4.78, 5) is 17.8. The van der Waals surface area contributed by atoms with Crippen LogP contribution in [-0.2, 0) is 16.2 Å². The van der Waals surface area contributed by atoms with Crippen LogP contribution in [0.25, 0.3) is 0 Å². The van der Waals surface area contributed by atoms with E-state index in [1.165, 1.54) is 0 Å². The highest BCUT2D eigenvalue weighted by atomic mass is 16.7. The first-order chi connectivity index (χ1) is 11.1. The lowest BCUT2D eigenvalue weighted by Gasteiger charge is -2.20. The fourth-order valence-corrected chi connectivity index (χ4v) is 2.51. The number of aromatic nitrogens is 2. The first kappa shape index (κ1) is 15.3. The van der Waals surface area contributed by atoms with Crippen molar-refractivity contribution in [3.63, 3.8) is 0 Å². The van der Waals surface area contributed by atoms with Crippen LogP contribution in [-0.4, -0.2) is 33.5 Å². The Kier molecular flexibility index (Phi) is 4.14. The van der Waals surface area contributed by atoms with Crippen molar-refractivity contribution in [1.29, 1.82) is 0 Å². The minimum absolute atomic E-state index is 0.156. The van der Waals surface area contributed by atoms with Crippen LogP contribution in [0.15, 0.2) is 47.8 Å². The molecule has 0 fully saturated rings. The highest BCUT2D eigenvalue weighted by Gasteiger charge is 2.41. The lowest BCUT2D eigenvalue weighted by molar-refractivity contribution is -0.141. The zero-order valence-corrected chi connectivity index (χ0v) is 13.3. The van der Waals surface area contributed by atoms with E-state index in [-0.39, 0.29) is 5.91 Å². The van der Waals surface area contributed by atoms with Gasteiger partial charge >= 0.3 is 0 Å². The zero-order chi connectivity index (χ0) is 16.3. The Bertz CT molecular complexity index is 723. The Morgan fingerprint density at radius 2 is 2.13 bits per heavy atom. The Hall–Kier alpha value is -2.63. The largest absolute Gasteiger partial charge is 0.379 e. The molecule has 6 nitrogen and oxygen atoms in total. The van der Waals surface area contributed by atoms with Gasteiger partial charge in [-0.25, -0.2) is 0 Å². The highest BCUT2D eigenvalue weighted by Crippen LogP contribution is 2.26. The fourth-order valence-electron chi connectivity index (χ4n) is 2.51. The monoisotopic (exact) mass is 312 g/mol. The molecule has 0 saturated carbocycles. The fraction of sp³-hybridized carbons (Fsp3) is 0.353. The van der Waals surface area contributed by atoms with E-state index in [1.54, 1.807) is 11.6 Å². The number of nitrogens with one attached hydrogen (secondary N) is 1. The minimum Gasteiger partial charge on any atom is -0.379 e. The molecule has 1 aliphatic heterocycles. The van der Waals surface area contributed by atoms with Gasteiger partial charge in [0.15, 0.2) is 0 Å². The van der Waals surface area contributed by atoms with Crippen LogP contribution in [0.2, 0.25) is 0 Å². The molecule has 3 rings (SSSR count). The van der Waals surface area contributed by atoms with Crippen molar-refractivity contribution >= 4 is 11.6 Å². The maximum Gasteiger partial charge on any atom is 0.267 e. The Balaban J connectivity index is 1.54. The minimum atomic E-state index is -0.953. The lowest BCUT2D eigenvalue weighted by atomic mass is 9.95. The van der Waals surface area contributed by atoms with E-state index in [0.717, 1.165) is 17.0 Å². The maximum atomic E-state index is 12.4. The van der Waals surface area contributed by atoms with Gasteiger partial charge in [0, 0.05) is 19.2 Å². The maximum absolute atomic E-state index is 12.4. The second kappa shape index (κ2) is 6.24.